The van der Waals surface area contributed by atoms with Crippen molar-refractivity contribution in [2.45, 2.75) is 19.4 Å². The molecule has 0 amide bonds. The van der Waals surface area contributed by atoms with Crippen molar-refractivity contribution in [1.29, 1.82) is 0 Å². The predicted octanol–water partition coefficient (Wildman–Crippen LogP) is 3.15. The molecule has 0 radical (unpaired) electrons. The van der Waals surface area contributed by atoms with E-state index in [2.05, 4.69) is 28.2 Å². The lowest BCUT2D eigenvalue weighted by molar-refractivity contribution is 0.520. The Morgan fingerprint density at radius 3 is 2.93 bits per heavy atom. The van der Waals surface area contributed by atoms with Gasteiger partial charge in [-0.1, -0.05) is 0 Å². The van der Waals surface area contributed by atoms with E-state index in [-0.39, 0.29) is 0 Å². The fourth-order valence-electron chi connectivity index (χ4n) is 1.68. The van der Waals surface area contributed by atoms with E-state index < -0.39 is 0 Å². The molecule has 1 N–H and O–H groups in total. The molecule has 0 aliphatic carbocycles. The molecule has 1 atom stereocenters. The molecule has 0 saturated heterocycles. The van der Waals surface area contributed by atoms with E-state index in [1.165, 1.54) is 11.1 Å². The summed E-state index contributed by atoms with van der Waals surface area (Å²) in [5, 5.41) is 7.62. The van der Waals surface area contributed by atoms with Crippen LogP contribution in [0.4, 0.5) is 0 Å². The maximum atomic E-state index is 5.33. The highest BCUT2D eigenvalue weighted by atomic mass is 32.1. The van der Waals surface area contributed by atoms with Gasteiger partial charge in [-0.25, -0.2) is 0 Å². The van der Waals surface area contributed by atoms with E-state index in [9.17, 15) is 0 Å². The fraction of sp³-hybridized carbons (Fsp3) is 0.333. The molecule has 2 heterocycles. The van der Waals surface area contributed by atoms with Crippen molar-refractivity contribution >= 4 is 11.3 Å². The normalized spacial score (nSPS) is 12.9. The Morgan fingerprint density at radius 1 is 1.53 bits per heavy atom. The highest BCUT2D eigenvalue weighted by molar-refractivity contribution is 7.07. The molecule has 2 aromatic rings. The highest BCUT2D eigenvalue weighted by Crippen LogP contribution is 2.21. The summed E-state index contributed by atoms with van der Waals surface area (Å²) < 4.78 is 5.33. The zero-order chi connectivity index (χ0) is 10.7. The van der Waals surface area contributed by atoms with Crippen LogP contribution < -0.4 is 5.32 Å². The summed E-state index contributed by atoms with van der Waals surface area (Å²) in [6, 6.07) is 4.60. The lowest BCUT2D eigenvalue weighted by atomic mass is 10.0. The van der Waals surface area contributed by atoms with Crippen LogP contribution in [0.1, 0.15) is 22.9 Å². The molecular formula is C12H15NOS. The minimum Gasteiger partial charge on any atom is -0.469 e. The van der Waals surface area contributed by atoms with Crippen molar-refractivity contribution in [3.63, 3.8) is 0 Å². The van der Waals surface area contributed by atoms with Crippen LogP contribution in [0.2, 0.25) is 0 Å². The van der Waals surface area contributed by atoms with E-state index in [4.69, 9.17) is 4.42 Å². The average molecular weight is 221 g/mol. The molecule has 2 aromatic heterocycles. The lowest BCUT2D eigenvalue weighted by Gasteiger charge is -2.12. The van der Waals surface area contributed by atoms with Crippen LogP contribution in [0.25, 0.3) is 0 Å². The molecule has 0 fully saturated rings. The van der Waals surface area contributed by atoms with Crippen LogP contribution in [-0.2, 0) is 6.42 Å². The van der Waals surface area contributed by atoms with Crippen LogP contribution in [0.3, 0.4) is 0 Å². The van der Waals surface area contributed by atoms with Gasteiger partial charge in [-0.15, -0.1) is 0 Å². The molecule has 0 aromatic carbocycles. The van der Waals surface area contributed by atoms with Gasteiger partial charge >= 0.3 is 0 Å². The Bertz CT molecular complexity index is 405. The number of hydrogen-bond donors (Lipinski definition) is 1. The first-order chi connectivity index (χ1) is 7.29. The molecule has 1 unspecified atom stereocenters. The van der Waals surface area contributed by atoms with Crippen molar-refractivity contribution in [3.8, 4) is 0 Å². The molecule has 2 rings (SSSR count). The Kier molecular flexibility index (Phi) is 3.23. The quantitative estimate of drug-likeness (QED) is 0.858. The molecule has 2 nitrogen and oxygen atoms in total. The standard InChI is InChI=1S/C12H15NOS/c1-9-5-11(7-14-9)12(13-2)6-10-3-4-15-8-10/h3-5,7-8,12-13H,6H2,1-2H3. The van der Waals surface area contributed by atoms with Crippen LogP contribution in [0.5, 0.6) is 0 Å². The number of hydrogen-bond acceptors (Lipinski definition) is 3. The lowest BCUT2D eigenvalue weighted by Crippen LogP contribution is -2.17. The second kappa shape index (κ2) is 4.64. The van der Waals surface area contributed by atoms with Gasteiger partial charge in [0.1, 0.15) is 5.76 Å². The zero-order valence-corrected chi connectivity index (χ0v) is 9.80. The SMILES string of the molecule is CNC(Cc1ccsc1)c1coc(C)c1. The van der Waals surface area contributed by atoms with Gasteiger partial charge in [-0.3, -0.25) is 0 Å². The van der Waals surface area contributed by atoms with Crippen molar-refractivity contribution in [3.05, 3.63) is 46.0 Å². The summed E-state index contributed by atoms with van der Waals surface area (Å²) in [4.78, 5) is 0. The summed E-state index contributed by atoms with van der Waals surface area (Å²) in [6.45, 7) is 1.97. The van der Waals surface area contributed by atoms with Gasteiger partial charge < -0.3 is 9.73 Å². The smallest absolute Gasteiger partial charge is 0.101 e. The number of aryl methyl sites for hydroxylation is 1. The Labute approximate surface area is 93.9 Å². The average Bonchev–Trinajstić information content (AvgIpc) is 2.85. The second-order valence-electron chi connectivity index (χ2n) is 3.67. The summed E-state index contributed by atoms with van der Waals surface area (Å²) in [6.07, 6.45) is 2.85. The maximum absolute atomic E-state index is 5.33. The molecule has 0 aliphatic heterocycles. The van der Waals surface area contributed by atoms with Gasteiger partial charge in [0.15, 0.2) is 0 Å². The first-order valence-electron chi connectivity index (χ1n) is 5.03. The first kappa shape index (κ1) is 10.5. The van der Waals surface area contributed by atoms with Crippen molar-refractivity contribution in [1.82, 2.24) is 5.32 Å². The summed E-state index contributed by atoms with van der Waals surface area (Å²) in [5.41, 5.74) is 2.60. The minimum absolute atomic E-state index is 0.344. The fourth-order valence-corrected chi connectivity index (χ4v) is 2.36. The molecule has 0 aliphatic rings. The molecule has 15 heavy (non-hydrogen) atoms. The van der Waals surface area contributed by atoms with Gasteiger partial charge in [0.2, 0.25) is 0 Å². The van der Waals surface area contributed by atoms with Crippen molar-refractivity contribution < 1.29 is 4.42 Å². The second-order valence-corrected chi connectivity index (χ2v) is 4.45. The minimum atomic E-state index is 0.344. The Morgan fingerprint density at radius 2 is 2.40 bits per heavy atom. The molecule has 80 valence electrons. The van der Waals surface area contributed by atoms with Gasteiger partial charge in [0.05, 0.1) is 6.26 Å². The third-order valence-corrected chi connectivity index (χ3v) is 3.25. The molecule has 0 saturated carbocycles. The third kappa shape index (κ3) is 2.49. The van der Waals surface area contributed by atoms with Crippen molar-refractivity contribution in [2.24, 2.45) is 0 Å². The van der Waals surface area contributed by atoms with E-state index >= 15 is 0 Å². The number of rotatable bonds is 4. The van der Waals surface area contributed by atoms with Gasteiger partial charge in [-0.2, -0.15) is 11.3 Å². The van der Waals surface area contributed by atoms with Crippen LogP contribution in [0, 0.1) is 6.92 Å². The van der Waals surface area contributed by atoms with Gasteiger partial charge in [-0.05, 0) is 48.8 Å². The highest BCUT2D eigenvalue weighted by Gasteiger charge is 2.12. The Balaban J connectivity index is 2.11. The number of furan rings is 1. The summed E-state index contributed by atoms with van der Waals surface area (Å²) in [7, 11) is 1.99. The monoisotopic (exact) mass is 221 g/mol. The maximum Gasteiger partial charge on any atom is 0.101 e. The molecule has 0 bridgehead atoms. The number of nitrogens with one attached hydrogen (secondary N) is 1. The largest absolute Gasteiger partial charge is 0.469 e. The Hall–Kier alpha value is -1.06. The predicted molar refractivity (Wildman–Crippen MR) is 63.3 cm³/mol. The van der Waals surface area contributed by atoms with E-state index in [1.54, 1.807) is 11.3 Å². The summed E-state index contributed by atoms with van der Waals surface area (Å²) >= 11 is 1.74. The van der Waals surface area contributed by atoms with Gasteiger partial charge in [0.25, 0.3) is 0 Å². The third-order valence-electron chi connectivity index (χ3n) is 2.52. The zero-order valence-electron chi connectivity index (χ0n) is 8.99. The molecule has 0 spiro atoms. The summed E-state index contributed by atoms with van der Waals surface area (Å²) in [5.74, 6) is 0.968. The van der Waals surface area contributed by atoms with Crippen LogP contribution >= 0.6 is 11.3 Å². The van der Waals surface area contributed by atoms with Crippen LogP contribution in [-0.4, -0.2) is 7.05 Å². The van der Waals surface area contributed by atoms with Gasteiger partial charge in [0, 0.05) is 11.6 Å². The first-order valence-corrected chi connectivity index (χ1v) is 5.97. The van der Waals surface area contributed by atoms with E-state index in [1.807, 2.05) is 20.2 Å². The molecular weight excluding hydrogens is 206 g/mol. The van der Waals surface area contributed by atoms with E-state index in [0.717, 1.165) is 12.2 Å². The van der Waals surface area contributed by atoms with Crippen LogP contribution in [0.15, 0.2) is 33.6 Å². The molecule has 3 heteroatoms. The van der Waals surface area contributed by atoms with E-state index in [0.29, 0.717) is 6.04 Å². The van der Waals surface area contributed by atoms with Crippen molar-refractivity contribution in [2.75, 3.05) is 7.05 Å². The number of thiophene rings is 1. The number of likely N-dealkylation sites (N-methyl/N-ethyl adjacent to an activating group) is 1. The topological polar surface area (TPSA) is 25.2 Å².